The van der Waals surface area contributed by atoms with Crippen LogP contribution in [0.1, 0.15) is 52.6 Å². The smallest absolute Gasteiger partial charge is 0.255 e. The molecule has 0 bridgehead atoms. The van der Waals surface area contributed by atoms with Gasteiger partial charge in [0.2, 0.25) is 0 Å². The molecule has 0 saturated carbocycles. The molecular formula is C24H29N3O2. The summed E-state index contributed by atoms with van der Waals surface area (Å²) in [6.07, 6.45) is 2.91. The second-order valence-corrected chi connectivity index (χ2v) is 7.33. The highest BCUT2D eigenvalue weighted by molar-refractivity contribution is 6.04. The number of benzene rings is 2. The standard InChI is InChI=1S/C24H29N3O2/c1-5-6-14-29-22-9-7-8-20(16-22)24(28)25-21-12-10-19(11-13-21)15-23-17(2)26-27(4)18(23)3/h7-13,16H,5-6,14-15H2,1-4H3,(H,25,28). The van der Waals surface area contributed by atoms with E-state index in [1.807, 2.05) is 55.1 Å². The number of nitrogens with one attached hydrogen (secondary N) is 1. The summed E-state index contributed by atoms with van der Waals surface area (Å²) < 4.78 is 7.61. The molecule has 3 aromatic rings. The number of rotatable bonds is 8. The maximum atomic E-state index is 12.6. The number of anilines is 1. The van der Waals surface area contributed by atoms with E-state index >= 15 is 0 Å². The van der Waals surface area contributed by atoms with Crippen molar-refractivity contribution in [2.24, 2.45) is 7.05 Å². The average molecular weight is 392 g/mol. The number of unbranched alkanes of at least 4 members (excludes halogenated alkanes) is 1. The highest BCUT2D eigenvalue weighted by Crippen LogP contribution is 2.20. The van der Waals surface area contributed by atoms with Gasteiger partial charge >= 0.3 is 0 Å². The molecule has 0 saturated heterocycles. The molecule has 1 heterocycles. The Labute approximate surface area is 172 Å². The minimum Gasteiger partial charge on any atom is -0.494 e. The number of hydrogen-bond acceptors (Lipinski definition) is 3. The molecule has 1 amide bonds. The molecule has 0 aliphatic carbocycles. The fraction of sp³-hybridized carbons (Fsp3) is 0.333. The zero-order chi connectivity index (χ0) is 20.8. The molecule has 3 rings (SSSR count). The number of carbonyl (C=O) groups is 1. The lowest BCUT2D eigenvalue weighted by atomic mass is 10.0. The third kappa shape index (κ3) is 5.25. The van der Waals surface area contributed by atoms with Crippen molar-refractivity contribution in [3.8, 4) is 5.75 Å². The van der Waals surface area contributed by atoms with E-state index in [1.165, 1.54) is 16.8 Å². The Balaban J connectivity index is 1.63. The summed E-state index contributed by atoms with van der Waals surface area (Å²) in [6.45, 7) is 6.91. The molecule has 5 heteroatoms. The Hall–Kier alpha value is -3.08. The summed E-state index contributed by atoms with van der Waals surface area (Å²) in [6, 6.07) is 15.3. The van der Waals surface area contributed by atoms with Crippen molar-refractivity contribution in [2.45, 2.75) is 40.0 Å². The topological polar surface area (TPSA) is 56.1 Å². The van der Waals surface area contributed by atoms with Crippen LogP contribution in [0, 0.1) is 13.8 Å². The predicted octanol–water partition coefficient (Wildman–Crippen LogP) is 5.06. The number of ether oxygens (including phenoxy) is 1. The Morgan fingerprint density at radius 2 is 1.90 bits per heavy atom. The molecule has 29 heavy (non-hydrogen) atoms. The van der Waals surface area contributed by atoms with Gasteiger partial charge in [0.1, 0.15) is 5.75 Å². The first kappa shape index (κ1) is 20.6. The monoisotopic (exact) mass is 391 g/mol. The molecule has 0 radical (unpaired) electrons. The summed E-state index contributed by atoms with van der Waals surface area (Å²) in [7, 11) is 1.97. The van der Waals surface area contributed by atoms with E-state index in [-0.39, 0.29) is 5.91 Å². The number of carbonyl (C=O) groups excluding carboxylic acids is 1. The summed E-state index contributed by atoms with van der Waals surface area (Å²) in [5.41, 5.74) is 6.04. The van der Waals surface area contributed by atoms with E-state index in [1.54, 1.807) is 12.1 Å². The fourth-order valence-corrected chi connectivity index (χ4v) is 3.25. The van der Waals surface area contributed by atoms with Gasteiger partial charge in [0.05, 0.1) is 12.3 Å². The summed E-state index contributed by atoms with van der Waals surface area (Å²) >= 11 is 0. The minimum absolute atomic E-state index is 0.141. The molecule has 0 aliphatic rings. The summed E-state index contributed by atoms with van der Waals surface area (Å²) in [4.78, 5) is 12.6. The lowest BCUT2D eigenvalue weighted by Crippen LogP contribution is -2.12. The van der Waals surface area contributed by atoms with Gasteiger partial charge in [0, 0.05) is 36.0 Å². The Kier molecular flexibility index (Phi) is 6.70. The van der Waals surface area contributed by atoms with Crippen LogP contribution >= 0.6 is 0 Å². The molecule has 2 aromatic carbocycles. The second-order valence-electron chi connectivity index (χ2n) is 7.33. The number of nitrogens with zero attached hydrogens (tertiary/aromatic N) is 2. The molecular weight excluding hydrogens is 362 g/mol. The average Bonchev–Trinajstić information content (AvgIpc) is 2.96. The van der Waals surface area contributed by atoms with Gasteiger partial charge in [-0.3, -0.25) is 9.48 Å². The first-order chi connectivity index (χ1) is 14.0. The quantitative estimate of drug-likeness (QED) is 0.546. The van der Waals surface area contributed by atoms with Crippen LogP contribution in [-0.4, -0.2) is 22.3 Å². The van der Waals surface area contributed by atoms with Gasteiger partial charge in [-0.25, -0.2) is 0 Å². The van der Waals surface area contributed by atoms with E-state index < -0.39 is 0 Å². The first-order valence-electron chi connectivity index (χ1n) is 10.1. The predicted molar refractivity (Wildman–Crippen MR) is 117 cm³/mol. The third-order valence-corrected chi connectivity index (χ3v) is 5.11. The van der Waals surface area contributed by atoms with Gasteiger partial charge in [0.15, 0.2) is 0 Å². The Bertz CT molecular complexity index is 974. The zero-order valence-corrected chi connectivity index (χ0v) is 17.7. The maximum absolute atomic E-state index is 12.6. The number of aromatic nitrogens is 2. The molecule has 0 fully saturated rings. The van der Waals surface area contributed by atoms with Crippen LogP contribution in [0.5, 0.6) is 5.75 Å². The Morgan fingerprint density at radius 1 is 1.14 bits per heavy atom. The molecule has 5 nitrogen and oxygen atoms in total. The SMILES string of the molecule is CCCCOc1cccc(C(=O)Nc2ccc(Cc3c(C)nn(C)c3C)cc2)c1. The van der Waals surface area contributed by atoms with Crippen molar-refractivity contribution >= 4 is 11.6 Å². The second kappa shape index (κ2) is 9.41. The van der Waals surface area contributed by atoms with Gasteiger partial charge in [-0.05, 0) is 56.2 Å². The van der Waals surface area contributed by atoms with Crippen LogP contribution in [0.4, 0.5) is 5.69 Å². The Morgan fingerprint density at radius 3 is 2.55 bits per heavy atom. The minimum atomic E-state index is -0.141. The lowest BCUT2D eigenvalue weighted by Gasteiger charge is -2.09. The largest absolute Gasteiger partial charge is 0.494 e. The van der Waals surface area contributed by atoms with Gasteiger partial charge in [0.25, 0.3) is 5.91 Å². The molecule has 1 aromatic heterocycles. The van der Waals surface area contributed by atoms with Crippen molar-refractivity contribution in [3.63, 3.8) is 0 Å². The molecule has 1 N–H and O–H groups in total. The van der Waals surface area contributed by atoms with Crippen molar-refractivity contribution < 1.29 is 9.53 Å². The molecule has 0 aliphatic heterocycles. The van der Waals surface area contributed by atoms with Gasteiger partial charge in [-0.2, -0.15) is 5.10 Å². The molecule has 0 spiro atoms. The first-order valence-corrected chi connectivity index (χ1v) is 10.1. The lowest BCUT2D eigenvalue weighted by molar-refractivity contribution is 0.102. The van der Waals surface area contributed by atoms with E-state index in [9.17, 15) is 4.79 Å². The third-order valence-electron chi connectivity index (χ3n) is 5.11. The summed E-state index contributed by atoms with van der Waals surface area (Å²) in [5.74, 6) is 0.585. The van der Waals surface area contributed by atoms with Crippen molar-refractivity contribution in [2.75, 3.05) is 11.9 Å². The van der Waals surface area contributed by atoms with Crippen molar-refractivity contribution in [1.29, 1.82) is 0 Å². The van der Waals surface area contributed by atoms with E-state index in [0.29, 0.717) is 12.2 Å². The van der Waals surface area contributed by atoms with E-state index in [4.69, 9.17) is 4.74 Å². The highest BCUT2D eigenvalue weighted by atomic mass is 16.5. The zero-order valence-electron chi connectivity index (χ0n) is 17.7. The fourth-order valence-electron chi connectivity index (χ4n) is 3.25. The molecule has 0 atom stereocenters. The van der Waals surface area contributed by atoms with Crippen LogP contribution in [0.25, 0.3) is 0 Å². The van der Waals surface area contributed by atoms with Gasteiger partial charge in [-0.1, -0.05) is 31.5 Å². The number of aryl methyl sites for hydroxylation is 2. The van der Waals surface area contributed by atoms with Crippen LogP contribution < -0.4 is 10.1 Å². The van der Waals surface area contributed by atoms with Gasteiger partial charge in [-0.15, -0.1) is 0 Å². The van der Waals surface area contributed by atoms with E-state index in [0.717, 1.165) is 36.4 Å². The van der Waals surface area contributed by atoms with Crippen molar-refractivity contribution in [1.82, 2.24) is 9.78 Å². The van der Waals surface area contributed by atoms with Gasteiger partial charge < -0.3 is 10.1 Å². The number of amides is 1. The van der Waals surface area contributed by atoms with Crippen LogP contribution in [0.15, 0.2) is 48.5 Å². The maximum Gasteiger partial charge on any atom is 0.255 e. The van der Waals surface area contributed by atoms with Crippen LogP contribution in [0.3, 0.4) is 0 Å². The normalized spacial score (nSPS) is 10.8. The van der Waals surface area contributed by atoms with Crippen LogP contribution in [0.2, 0.25) is 0 Å². The van der Waals surface area contributed by atoms with E-state index in [2.05, 4.69) is 24.3 Å². The number of hydrogen-bond donors (Lipinski definition) is 1. The molecule has 152 valence electrons. The molecule has 0 unspecified atom stereocenters. The van der Waals surface area contributed by atoms with Crippen molar-refractivity contribution in [3.05, 3.63) is 76.6 Å². The van der Waals surface area contributed by atoms with Crippen LogP contribution in [-0.2, 0) is 13.5 Å². The highest BCUT2D eigenvalue weighted by Gasteiger charge is 2.11. The summed E-state index contributed by atoms with van der Waals surface area (Å²) in [5, 5.41) is 7.44.